The average Bonchev–Trinajstić information content (AvgIpc) is 2.27. The molecule has 0 saturated heterocycles. The van der Waals surface area contributed by atoms with Crippen molar-refractivity contribution in [1.82, 2.24) is 0 Å². The fourth-order valence-corrected chi connectivity index (χ4v) is 1.40. The number of hydrogen-bond acceptors (Lipinski definition) is 3. The first-order valence-electron chi connectivity index (χ1n) is 6.76. The first kappa shape index (κ1) is 17.6. The maximum atomic E-state index is 10.5. The quantitative estimate of drug-likeness (QED) is 0.496. The molecule has 4 heteroatoms. The van der Waals surface area contributed by atoms with Gasteiger partial charge in [0.2, 0.25) is 0 Å². The lowest BCUT2D eigenvalue weighted by Crippen LogP contribution is -2.26. The van der Waals surface area contributed by atoms with Gasteiger partial charge in [0.05, 0.1) is 4.92 Å². The SMILES string of the molecule is CC(C)(C)N.CCCCCc1cccc([N+](=O)[O-])c1. The van der Waals surface area contributed by atoms with Crippen molar-refractivity contribution >= 4 is 5.69 Å². The van der Waals surface area contributed by atoms with E-state index in [2.05, 4.69) is 6.92 Å². The number of nitrogens with two attached hydrogens (primary N) is 1. The molecule has 108 valence electrons. The van der Waals surface area contributed by atoms with Crippen molar-refractivity contribution in [3.8, 4) is 0 Å². The number of benzene rings is 1. The summed E-state index contributed by atoms with van der Waals surface area (Å²) >= 11 is 0. The van der Waals surface area contributed by atoms with Gasteiger partial charge in [-0.1, -0.05) is 31.9 Å². The van der Waals surface area contributed by atoms with Crippen LogP contribution in [0.1, 0.15) is 52.5 Å². The highest BCUT2D eigenvalue weighted by Crippen LogP contribution is 2.15. The maximum absolute atomic E-state index is 10.5. The lowest BCUT2D eigenvalue weighted by molar-refractivity contribution is -0.384. The Morgan fingerprint density at radius 1 is 1.26 bits per heavy atom. The fraction of sp³-hybridized carbons (Fsp3) is 0.600. The molecule has 0 heterocycles. The summed E-state index contributed by atoms with van der Waals surface area (Å²) < 4.78 is 0. The molecule has 19 heavy (non-hydrogen) atoms. The van der Waals surface area contributed by atoms with Gasteiger partial charge in [0.1, 0.15) is 0 Å². The molecular weight excluding hydrogens is 240 g/mol. The second-order valence-electron chi connectivity index (χ2n) is 5.75. The van der Waals surface area contributed by atoms with E-state index in [0.29, 0.717) is 0 Å². The Balaban J connectivity index is 0.000000555. The van der Waals surface area contributed by atoms with Crippen molar-refractivity contribution in [1.29, 1.82) is 0 Å². The smallest absolute Gasteiger partial charge is 0.269 e. The normalized spacial score (nSPS) is 10.6. The number of rotatable bonds is 5. The van der Waals surface area contributed by atoms with Gasteiger partial charge < -0.3 is 5.73 Å². The van der Waals surface area contributed by atoms with Crippen molar-refractivity contribution in [3.63, 3.8) is 0 Å². The molecule has 0 aliphatic rings. The van der Waals surface area contributed by atoms with E-state index in [0.717, 1.165) is 18.4 Å². The van der Waals surface area contributed by atoms with Crippen LogP contribution in [0.2, 0.25) is 0 Å². The number of non-ortho nitro benzene ring substituents is 1. The minimum atomic E-state index is -0.344. The van der Waals surface area contributed by atoms with Gasteiger partial charge in [-0.2, -0.15) is 0 Å². The van der Waals surface area contributed by atoms with E-state index in [-0.39, 0.29) is 16.1 Å². The van der Waals surface area contributed by atoms with E-state index in [1.54, 1.807) is 12.1 Å². The zero-order valence-electron chi connectivity index (χ0n) is 12.5. The summed E-state index contributed by atoms with van der Waals surface area (Å²) in [4.78, 5) is 10.1. The summed E-state index contributed by atoms with van der Waals surface area (Å²) in [7, 11) is 0. The molecular formula is C15H26N2O2. The zero-order valence-corrected chi connectivity index (χ0v) is 12.5. The third kappa shape index (κ3) is 11.4. The Morgan fingerprint density at radius 3 is 2.32 bits per heavy atom. The van der Waals surface area contributed by atoms with Crippen LogP contribution in [0.15, 0.2) is 24.3 Å². The molecule has 0 spiro atoms. The minimum Gasteiger partial charge on any atom is -0.326 e. The molecule has 1 rings (SSSR count). The first-order chi connectivity index (χ1) is 8.74. The summed E-state index contributed by atoms with van der Waals surface area (Å²) in [6.45, 7) is 8.04. The molecule has 0 saturated carbocycles. The lowest BCUT2D eigenvalue weighted by Gasteiger charge is -2.06. The molecule has 4 nitrogen and oxygen atoms in total. The summed E-state index contributed by atoms with van der Waals surface area (Å²) in [5.41, 5.74) is 6.61. The summed E-state index contributed by atoms with van der Waals surface area (Å²) in [5, 5.41) is 10.5. The van der Waals surface area contributed by atoms with Gasteiger partial charge in [-0.25, -0.2) is 0 Å². The summed E-state index contributed by atoms with van der Waals surface area (Å²) in [6, 6.07) is 6.89. The van der Waals surface area contributed by atoms with E-state index in [4.69, 9.17) is 5.73 Å². The monoisotopic (exact) mass is 266 g/mol. The topological polar surface area (TPSA) is 69.2 Å². The van der Waals surface area contributed by atoms with Crippen LogP contribution in [0.5, 0.6) is 0 Å². The molecule has 0 bridgehead atoms. The molecule has 0 amide bonds. The van der Waals surface area contributed by atoms with Crippen LogP contribution in [0.4, 0.5) is 5.69 Å². The highest BCUT2D eigenvalue weighted by molar-refractivity contribution is 5.34. The van der Waals surface area contributed by atoms with Crippen LogP contribution >= 0.6 is 0 Å². The fourth-order valence-electron chi connectivity index (χ4n) is 1.40. The number of nitrogens with zero attached hydrogens (tertiary/aromatic N) is 1. The Hall–Kier alpha value is -1.42. The number of aryl methyl sites for hydroxylation is 1. The van der Waals surface area contributed by atoms with Crippen LogP contribution in [-0.2, 0) is 6.42 Å². The molecule has 0 aliphatic carbocycles. The van der Waals surface area contributed by atoms with Gasteiger partial charge >= 0.3 is 0 Å². The maximum Gasteiger partial charge on any atom is 0.269 e. The molecule has 1 aromatic carbocycles. The second kappa shape index (κ2) is 8.64. The molecule has 2 N–H and O–H groups in total. The van der Waals surface area contributed by atoms with Crippen molar-refractivity contribution < 1.29 is 4.92 Å². The third-order valence-corrected chi connectivity index (χ3v) is 2.19. The van der Waals surface area contributed by atoms with Gasteiger partial charge in [0.25, 0.3) is 5.69 Å². The predicted octanol–water partition coefficient (Wildman–Crippen LogP) is 4.07. The highest BCUT2D eigenvalue weighted by Gasteiger charge is 2.04. The number of nitro groups is 1. The Bertz CT molecular complexity index is 378. The van der Waals surface area contributed by atoms with Crippen LogP contribution in [0.25, 0.3) is 0 Å². The van der Waals surface area contributed by atoms with Gasteiger partial charge in [-0.3, -0.25) is 10.1 Å². The molecule has 0 aliphatic heterocycles. The average molecular weight is 266 g/mol. The van der Waals surface area contributed by atoms with Gasteiger partial charge in [0.15, 0.2) is 0 Å². The van der Waals surface area contributed by atoms with Crippen molar-refractivity contribution in [2.24, 2.45) is 5.73 Å². The van der Waals surface area contributed by atoms with Gasteiger partial charge in [0, 0.05) is 17.7 Å². The van der Waals surface area contributed by atoms with E-state index < -0.39 is 0 Å². The molecule has 0 unspecified atom stereocenters. The van der Waals surface area contributed by atoms with Crippen LogP contribution in [0, 0.1) is 10.1 Å². The number of unbranched alkanes of at least 4 members (excludes halogenated alkanes) is 2. The molecule has 0 fully saturated rings. The van der Waals surface area contributed by atoms with Crippen molar-refractivity contribution in [2.45, 2.75) is 58.9 Å². The molecule has 0 atom stereocenters. The summed E-state index contributed by atoms with van der Waals surface area (Å²) in [5.74, 6) is 0. The third-order valence-electron chi connectivity index (χ3n) is 2.19. The lowest BCUT2D eigenvalue weighted by atomic mass is 10.1. The van der Waals surface area contributed by atoms with Crippen molar-refractivity contribution in [2.75, 3.05) is 0 Å². The standard InChI is InChI=1S/C11H15NO2.C4H11N/c1-2-3-4-6-10-7-5-8-11(9-10)12(13)14;1-4(2,3)5/h5,7-9H,2-4,6H2,1H3;5H2,1-3H3. The van der Waals surface area contributed by atoms with Crippen molar-refractivity contribution in [3.05, 3.63) is 39.9 Å². The Labute approximate surface area is 116 Å². The predicted molar refractivity (Wildman–Crippen MR) is 80.3 cm³/mol. The van der Waals surface area contributed by atoms with Crippen LogP contribution in [0.3, 0.4) is 0 Å². The number of hydrogen-bond donors (Lipinski definition) is 1. The van der Waals surface area contributed by atoms with E-state index in [1.165, 1.54) is 18.9 Å². The first-order valence-corrected chi connectivity index (χ1v) is 6.76. The van der Waals surface area contributed by atoms with Gasteiger partial charge in [-0.15, -0.1) is 0 Å². The molecule has 0 aromatic heterocycles. The minimum absolute atomic E-state index is 0. The molecule has 0 radical (unpaired) electrons. The van der Waals surface area contributed by atoms with E-state index in [9.17, 15) is 10.1 Å². The summed E-state index contributed by atoms with van der Waals surface area (Å²) in [6.07, 6.45) is 4.41. The second-order valence-corrected chi connectivity index (χ2v) is 5.75. The molecule has 1 aromatic rings. The highest BCUT2D eigenvalue weighted by atomic mass is 16.6. The van der Waals surface area contributed by atoms with Crippen LogP contribution in [-0.4, -0.2) is 10.5 Å². The van der Waals surface area contributed by atoms with Crippen LogP contribution < -0.4 is 5.73 Å². The zero-order chi connectivity index (χ0) is 14.9. The van der Waals surface area contributed by atoms with E-state index in [1.807, 2.05) is 26.8 Å². The number of nitro benzene ring substituents is 1. The van der Waals surface area contributed by atoms with E-state index >= 15 is 0 Å². The van der Waals surface area contributed by atoms with Gasteiger partial charge in [-0.05, 0) is 39.2 Å². The largest absolute Gasteiger partial charge is 0.326 e. The Morgan fingerprint density at radius 2 is 1.84 bits per heavy atom. The Kier molecular flexibility index (Phi) is 8.00.